The number of aromatic nitrogens is 1. The zero-order chi connectivity index (χ0) is 27.0. The molecule has 0 radical (unpaired) electrons. The fourth-order valence-electron chi connectivity index (χ4n) is 5.05. The number of nitrogens with zero attached hydrogens (tertiary/aromatic N) is 2. The second kappa shape index (κ2) is 9.93. The molecule has 2 atom stereocenters. The molecule has 2 aromatic carbocycles. The molecule has 0 unspecified atom stereocenters. The maximum atomic E-state index is 13.3. The predicted molar refractivity (Wildman–Crippen MR) is 140 cm³/mol. The smallest absolute Gasteiger partial charge is 0.321 e. The lowest BCUT2D eigenvalue weighted by Crippen LogP contribution is -2.50. The number of fused-ring (bicyclic) bond motifs is 4. The lowest BCUT2D eigenvalue weighted by molar-refractivity contribution is -0.114. The van der Waals surface area contributed by atoms with Gasteiger partial charge in [-0.3, -0.25) is 14.3 Å². The predicted octanol–water partition coefficient (Wildman–Crippen LogP) is 3.40. The van der Waals surface area contributed by atoms with Gasteiger partial charge in [0.25, 0.3) is 15.6 Å². The molecule has 10 nitrogen and oxygen atoms in total. The van der Waals surface area contributed by atoms with Crippen LogP contribution < -0.4 is 20.9 Å². The van der Waals surface area contributed by atoms with Gasteiger partial charge in [0.1, 0.15) is 11.5 Å². The van der Waals surface area contributed by atoms with E-state index in [4.69, 9.17) is 0 Å². The summed E-state index contributed by atoms with van der Waals surface area (Å²) in [5, 5.41) is 5.35. The average Bonchev–Trinajstić information content (AvgIpc) is 2.87. The zero-order valence-electron chi connectivity index (χ0n) is 20.5. The number of carbonyl (C=O) groups is 2. The van der Waals surface area contributed by atoms with E-state index in [0.717, 1.165) is 12.1 Å². The number of hydrogen-bond donors (Lipinski definition) is 3. The van der Waals surface area contributed by atoms with Gasteiger partial charge in [-0.25, -0.2) is 17.6 Å². The van der Waals surface area contributed by atoms with E-state index in [1.54, 1.807) is 15.5 Å². The first kappa shape index (κ1) is 25.5. The third-order valence-corrected chi connectivity index (χ3v) is 8.10. The van der Waals surface area contributed by atoms with E-state index in [9.17, 15) is 27.2 Å². The number of halogens is 1. The standard InChI is InChI=1S/C26H26FN5O5S/c1-16(33)28-20-6-8-22(9-7-20)38(36,37)30-23-10-11-24-18-12-17(14-32(24)25(23)34)13-31(15-18)26(35)29-21-4-2-19(27)3-5-21/h2-11,17-18,30H,12-15H2,1H3,(H,28,33)(H,29,35)/t17-,18+/m0/s1. The lowest BCUT2D eigenvalue weighted by Gasteiger charge is -2.42. The van der Waals surface area contributed by atoms with E-state index in [1.165, 1.54) is 61.5 Å². The number of benzene rings is 2. The molecular weight excluding hydrogens is 513 g/mol. The Kier molecular flexibility index (Phi) is 6.66. The molecule has 3 N–H and O–H groups in total. The van der Waals surface area contributed by atoms with Gasteiger partial charge in [-0.05, 0) is 73.0 Å². The highest BCUT2D eigenvalue weighted by Gasteiger charge is 2.37. The molecule has 12 heteroatoms. The summed E-state index contributed by atoms with van der Waals surface area (Å²) in [7, 11) is -4.04. The Hall–Kier alpha value is -4.19. The molecule has 3 aromatic rings. The lowest BCUT2D eigenvalue weighted by atomic mass is 9.83. The molecule has 2 aliphatic rings. The van der Waals surface area contributed by atoms with Crippen molar-refractivity contribution in [2.75, 3.05) is 28.4 Å². The van der Waals surface area contributed by atoms with E-state index in [-0.39, 0.29) is 40.2 Å². The fourth-order valence-corrected chi connectivity index (χ4v) is 6.11. The Morgan fingerprint density at radius 3 is 2.24 bits per heavy atom. The first-order valence-electron chi connectivity index (χ1n) is 12.0. The van der Waals surface area contributed by atoms with Crippen LogP contribution in [0.3, 0.4) is 0 Å². The first-order chi connectivity index (χ1) is 18.1. The molecule has 0 aliphatic carbocycles. The molecule has 3 amide bonds. The van der Waals surface area contributed by atoms with Gasteiger partial charge in [0, 0.05) is 49.5 Å². The van der Waals surface area contributed by atoms with Crippen molar-refractivity contribution >= 4 is 39.0 Å². The maximum absolute atomic E-state index is 13.3. The van der Waals surface area contributed by atoms with Crippen LogP contribution in [0.4, 0.5) is 26.2 Å². The van der Waals surface area contributed by atoms with Crippen molar-refractivity contribution < 1.29 is 22.4 Å². The quantitative estimate of drug-likeness (QED) is 0.458. The van der Waals surface area contributed by atoms with E-state index in [1.807, 2.05) is 0 Å². The fraction of sp³-hybridized carbons (Fsp3) is 0.269. The number of sulfonamides is 1. The topological polar surface area (TPSA) is 130 Å². The number of urea groups is 1. The Bertz CT molecular complexity index is 1550. The number of nitrogens with one attached hydrogen (secondary N) is 3. The largest absolute Gasteiger partial charge is 0.326 e. The van der Waals surface area contributed by atoms with Crippen LogP contribution in [-0.4, -0.2) is 42.9 Å². The summed E-state index contributed by atoms with van der Waals surface area (Å²) < 4.78 is 43.0. The number of pyridine rings is 1. The Balaban J connectivity index is 1.32. The van der Waals surface area contributed by atoms with Gasteiger partial charge in [0.2, 0.25) is 5.91 Å². The van der Waals surface area contributed by atoms with Crippen LogP contribution in [0.15, 0.2) is 70.4 Å². The van der Waals surface area contributed by atoms with Gasteiger partial charge in [-0.15, -0.1) is 0 Å². The Morgan fingerprint density at radius 2 is 1.55 bits per heavy atom. The van der Waals surface area contributed by atoms with Gasteiger partial charge < -0.3 is 20.1 Å². The number of likely N-dealkylation sites (tertiary alicyclic amines) is 1. The van der Waals surface area contributed by atoms with Gasteiger partial charge in [0.05, 0.1) is 4.90 Å². The molecule has 1 saturated heterocycles. The number of rotatable bonds is 5. The molecule has 2 aliphatic heterocycles. The Labute approximate surface area is 218 Å². The van der Waals surface area contributed by atoms with Crippen LogP contribution in [0.1, 0.15) is 25.0 Å². The van der Waals surface area contributed by atoms with Crippen molar-refractivity contribution in [2.24, 2.45) is 5.92 Å². The molecule has 1 aromatic heterocycles. The summed E-state index contributed by atoms with van der Waals surface area (Å²) in [5.41, 5.74) is 1.18. The minimum absolute atomic E-state index is 0.0195. The molecule has 0 saturated carbocycles. The monoisotopic (exact) mass is 539 g/mol. The molecular formula is C26H26FN5O5S. The first-order valence-corrected chi connectivity index (χ1v) is 13.5. The average molecular weight is 540 g/mol. The van der Waals surface area contributed by atoms with Crippen molar-refractivity contribution in [3.05, 3.63) is 82.5 Å². The van der Waals surface area contributed by atoms with Crippen LogP contribution in [0, 0.1) is 11.7 Å². The summed E-state index contributed by atoms with van der Waals surface area (Å²) in [6.07, 6.45) is 0.811. The summed E-state index contributed by atoms with van der Waals surface area (Å²) in [5.74, 6) is -0.728. The minimum Gasteiger partial charge on any atom is -0.326 e. The molecule has 3 heterocycles. The highest BCUT2D eigenvalue weighted by Crippen LogP contribution is 2.36. The number of carbonyl (C=O) groups excluding carboxylic acids is 2. The van der Waals surface area contributed by atoms with E-state index in [2.05, 4.69) is 15.4 Å². The van der Waals surface area contributed by atoms with Crippen LogP contribution >= 0.6 is 0 Å². The van der Waals surface area contributed by atoms with Gasteiger partial charge in [0.15, 0.2) is 0 Å². The number of piperidine rings is 1. The van der Waals surface area contributed by atoms with Crippen molar-refractivity contribution in [1.82, 2.24) is 9.47 Å². The molecule has 38 heavy (non-hydrogen) atoms. The molecule has 5 rings (SSSR count). The summed E-state index contributed by atoms with van der Waals surface area (Å²) in [6, 6.07) is 14.0. The second-order valence-electron chi connectivity index (χ2n) is 9.54. The highest BCUT2D eigenvalue weighted by molar-refractivity contribution is 7.92. The van der Waals surface area contributed by atoms with Crippen LogP contribution in [0.25, 0.3) is 0 Å². The third kappa shape index (κ3) is 5.25. The van der Waals surface area contributed by atoms with Crippen molar-refractivity contribution in [3.63, 3.8) is 0 Å². The van der Waals surface area contributed by atoms with Gasteiger partial charge >= 0.3 is 6.03 Å². The normalized spacial score (nSPS) is 18.3. The van der Waals surface area contributed by atoms with Gasteiger partial charge in [-0.1, -0.05) is 0 Å². The van der Waals surface area contributed by atoms with E-state index < -0.39 is 15.6 Å². The zero-order valence-corrected chi connectivity index (χ0v) is 21.3. The number of anilines is 3. The van der Waals surface area contributed by atoms with Crippen molar-refractivity contribution in [2.45, 2.75) is 30.7 Å². The minimum atomic E-state index is -4.04. The van der Waals surface area contributed by atoms with Crippen LogP contribution in [0.5, 0.6) is 0 Å². The van der Waals surface area contributed by atoms with Crippen LogP contribution in [-0.2, 0) is 21.4 Å². The summed E-state index contributed by atoms with van der Waals surface area (Å²) in [6.45, 7) is 2.54. The summed E-state index contributed by atoms with van der Waals surface area (Å²) in [4.78, 5) is 38.9. The van der Waals surface area contributed by atoms with Crippen LogP contribution in [0.2, 0.25) is 0 Å². The van der Waals surface area contributed by atoms with Gasteiger partial charge in [-0.2, -0.15) is 0 Å². The molecule has 2 bridgehead atoms. The SMILES string of the molecule is CC(=O)Nc1ccc(S(=O)(=O)Nc2ccc3n(c2=O)C[C@H]2C[C@@H]3CN(C(=O)Nc3ccc(F)cc3)C2)cc1. The highest BCUT2D eigenvalue weighted by atomic mass is 32.2. The number of hydrogen-bond acceptors (Lipinski definition) is 5. The summed E-state index contributed by atoms with van der Waals surface area (Å²) >= 11 is 0. The van der Waals surface area contributed by atoms with Crippen molar-refractivity contribution in [1.29, 1.82) is 0 Å². The maximum Gasteiger partial charge on any atom is 0.321 e. The Morgan fingerprint density at radius 1 is 0.895 bits per heavy atom. The van der Waals surface area contributed by atoms with Crippen molar-refractivity contribution in [3.8, 4) is 0 Å². The third-order valence-electron chi connectivity index (χ3n) is 6.72. The second-order valence-corrected chi connectivity index (χ2v) is 11.2. The van der Waals surface area contributed by atoms with E-state index in [0.29, 0.717) is 31.0 Å². The molecule has 1 fully saturated rings. The van der Waals surface area contributed by atoms with E-state index >= 15 is 0 Å². The number of amides is 3. The molecule has 198 valence electrons. The molecule has 0 spiro atoms.